The predicted molar refractivity (Wildman–Crippen MR) is 59.5 cm³/mol. The van der Waals surface area contributed by atoms with Crippen LogP contribution in [0.2, 0.25) is 0 Å². The Morgan fingerprint density at radius 1 is 1.50 bits per heavy atom. The highest BCUT2D eigenvalue weighted by Gasteiger charge is 2.11. The first-order chi connectivity index (χ1) is 6.75. The first-order valence-electron chi connectivity index (χ1n) is 5.02. The van der Waals surface area contributed by atoms with Crippen LogP contribution in [0.25, 0.3) is 0 Å². The Morgan fingerprint density at radius 2 is 2.36 bits per heavy atom. The molecule has 2 rings (SSSR count). The maximum atomic E-state index is 5.69. The summed E-state index contributed by atoms with van der Waals surface area (Å²) in [5.74, 6) is 1.27. The van der Waals surface area contributed by atoms with Crippen LogP contribution in [0.15, 0.2) is 33.9 Å². The zero-order chi connectivity index (χ0) is 9.97. The van der Waals surface area contributed by atoms with E-state index in [1.807, 2.05) is 6.08 Å². The topological polar surface area (TPSA) is 50.7 Å². The highest BCUT2D eigenvalue weighted by atomic mass is 14.9. The van der Waals surface area contributed by atoms with Gasteiger partial charge in [-0.3, -0.25) is 4.99 Å². The maximum absolute atomic E-state index is 5.69. The summed E-state index contributed by atoms with van der Waals surface area (Å²) in [6, 6.07) is 0. The van der Waals surface area contributed by atoms with Crippen LogP contribution in [0, 0.1) is 5.92 Å². The predicted octanol–water partition coefficient (Wildman–Crippen LogP) is 1.67. The Bertz CT molecular complexity index is 348. The molecule has 74 valence electrons. The number of aliphatic imine (C=N–C) groups is 2. The van der Waals surface area contributed by atoms with Crippen LogP contribution < -0.4 is 5.73 Å². The third-order valence-electron chi connectivity index (χ3n) is 2.40. The van der Waals surface area contributed by atoms with Gasteiger partial charge < -0.3 is 5.73 Å². The zero-order valence-electron chi connectivity index (χ0n) is 8.40. The van der Waals surface area contributed by atoms with Gasteiger partial charge >= 0.3 is 0 Å². The van der Waals surface area contributed by atoms with E-state index in [0.717, 1.165) is 36.6 Å². The Kier molecular flexibility index (Phi) is 2.48. The number of hydrogen-bond donors (Lipinski definition) is 1. The Hall–Kier alpha value is -1.38. The number of hydrogen-bond acceptors (Lipinski definition) is 3. The number of nitrogens with zero attached hydrogens (tertiary/aromatic N) is 2. The first kappa shape index (κ1) is 9.19. The molecule has 0 aliphatic carbocycles. The smallest absolute Gasteiger partial charge is 0.1000 e. The van der Waals surface area contributed by atoms with E-state index in [0.29, 0.717) is 5.92 Å². The summed E-state index contributed by atoms with van der Waals surface area (Å²) in [6.45, 7) is 3.02. The molecule has 1 atom stereocenters. The van der Waals surface area contributed by atoms with Crippen molar-refractivity contribution in [3.8, 4) is 0 Å². The minimum absolute atomic E-state index is 0.546. The SMILES string of the molecule is CC1C=CC(C2=CCCC(N)=N2)=NC1. The fraction of sp³-hybridized carbons (Fsp3) is 0.455. The van der Waals surface area contributed by atoms with Crippen molar-refractivity contribution in [1.82, 2.24) is 0 Å². The third kappa shape index (κ3) is 1.92. The second-order valence-electron chi connectivity index (χ2n) is 3.79. The molecule has 1 unspecified atom stereocenters. The average molecular weight is 189 g/mol. The quantitative estimate of drug-likeness (QED) is 0.670. The number of allylic oxidation sites excluding steroid dienone is 2. The number of nitrogens with two attached hydrogens (primary N) is 1. The standard InChI is InChI=1S/C11H15N3/c1-8-5-6-9(13-7-8)10-3-2-4-11(12)14-10/h3,5-6,8H,2,4,7H2,1H3,(H2,12,14). The van der Waals surface area contributed by atoms with E-state index in [-0.39, 0.29) is 0 Å². The van der Waals surface area contributed by atoms with Gasteiger partial charge in [0.25, 0.3) is 0 Å². The van der Waals surface area contributed by atoms with Crippen molar-refractivity contribution >= 4 is 11.5 Å². The van der Waals surface area contributed by atoms with Crippen molar-refractivity contribution in [2.24, 2.45) is 21.6 Å². The fourth-order valence-electron chi connectivity index (χ4n) is 1.55. The summed E-state index contributed by atoms with van der Waals surface area (Å²) in [7, 11) is 0. The fourth-order valence-corrected chi connectivity index (χ4v) is 1.55. The van der Waals surface area contributed by atoms with Crippen molar-refractivity contribution < 1.29 is 0 Å². The van der Waals surface area contributed by atoms with Gasteiger partial charge in [-0.25, -0.2) is 4.99 Å². The highest BCUT2D eigenvalue weighted by Crippen LogP contribution is 2.15. The van der Waals surface area contributed by atoms with Crippen molar-refractivity contribution in [3.05, 3.63) is 23.9 Å². The minimum atomic E-state index is 0.546. The van der Waals surface area contributed by atoms with Gasteiger partial charge in [0, 0.05) is 13.0 Å². The normalized spacial score (nSPS) is 26.6. The summed E-state index contributed by atoms with van der Waals surface area (Å²) in [4.78, 5) is 8.77. The minimum Gasteiger partial charge on any atom is -0.387 e. The molecule has 2 aliphatic heterocycles. The lowest BCUT2D eigenvalue weighted by atomic mass is 10.1. The van der Waals surface area contributed by atoms with Crippen LogP contribution in [0.4, 0.5) is 0 Å². The van der Waals surface area contributed by atoms with Gasteiger partial charge in [0.05, 0.1) is 17.2 Å². The Morgan fingerprint density at radius 3 is 3.00 bits per heavy atom. The molecule has 0 saturated carbocycles. The van der Waals surface area contributed by atoms with Crippen molar-refractivity contribution in [2.75, 3.05) is 6.54 Å². The molecule has 0 amide bonds. The average Bonchev–Trinajstić information content (AvgIpc) is 2.19. The van der Waals surface area contributed by atoms with Crippen LogP contribution >= 0.6 is 0 Å². The van der Waals surface area contributed by atoms with Gasteiger partial charge in [0.15, 0.2) is 0 Å². The first-order valence-corrected chi connectivity index (χ1v) is 5.02. The van der Waals surface area contributed by atoms with Crippen LogP contribution in [-0.4, -0.2) is 18.1 Å². The van der Waals surface area contributed by atoms with Gasteiger partial charge in [0.1, 0.15) is 0 Å². The van der Waals surface area contributed by atoms with E-state index in [1.54, 1.807) is 0 Å². The number of amidine groups is 1. The molecule has 14 heavy (non-hydrogen) atoms. The second kappa shape index (κ2) is 3.78. The highest BCUT2D eigenvalue weighted by molar-refractivity contribution is 6.10. The van der Waals surface area contributed by atoms with Crippen molar-refractivity contribution in [3.63, 3.8) is 0 Å². The van der Waals surface area contributed by atoms with Crippen LogP contribution in [0.1, 0.15) is 19.8 Å². The molecule has 0 radical (unpaired) electrons. The van der Waals surface area contributed by atoms with Crippen LogP contribution in [0.3, 0.4) is 0 Å². The molecule has 0 bridgehead atoms. The molecular formula is C11H15N3. The second-order valence-corrected chi connectivity index (χ2v) is 3.79. The lowest BCUT2D eigenvalue weighted by Crippen LogP contribution is -2.17. The lowest BCUT2D eigenvalue weighted by molar-refractivity contribution is 0.734. The molecule has 3 nitrogen and oxygen atoms in total. The summed E-state index contributed by atoms with van der Waals surface area (Å²) in [5, 5.41) is 0. The van der Waals surface area contributed by atoms with Gasteiger partial charge in [-0.05, 0) is 18.4 Å². The zero-order valence-corrected chi connectivity index (χ0v) is 8.40. The molecule has 2 heterocycles. The Labute approximate surface area is 84.1 Å². The van der Waals surface area contributed by atoms with Gasteiger partial charge in [-0.1, -0.05) is 19.1 Å². The summed E-state index contributed by atoms with van der Waals surface area (Å²) < 4.78 is 0. The molecule has 0 aromatic rings. The van der Waals surface area contributed by atoms with E-state index in [2.05, 4.69) is 29.1 Å². The maximum Gasteiger partial charge on any atom is 0.1000 e. The van der Waals surface area contributed by atoms with Crippen molar-refractivity contribution in [2.45, 2.75) is 19.8 Å². The molecule has 2 N–H and O–H groups in total. The van der Waals surface area contributed by atoms with E-state index < -0.39 is 0 Å². The van der Waals surface area contributed by atoms with Crippen LogP contribution in [0.5, 0.6) is 0 Å². The molecule has 0 aromatic heterocycles. The molecule has 3 heteroatoms. The van der Waals surface area contributed by atoms with E-state index in [4.69, 9.17) is 5.73 Å². The van der Waals surface area contributed by atoms with Gasteiger partial charge in [-0.15, -0.1) is 0 Å². The number of dihydropyridines is 1. The summed E-state index contributed by atoms with van der Waals surface area (Å²) >= 11 is 0. The molecule has 0 spiro atoms. The van der Waals surface area contributed by atoms with Gasteiger partial charge in [0.2, 0.25) is 0 Å². The van der Waals surface area contributed by atoms with Gasteiger partial charge in [-0.2, -0.15) is 0 Å². The number of rotatable bonds is 1. The molecular weight excluding hydrogens is 174 g/mol. The lowest BCUT2D eigenvalue weighted by Gasteiger charge is -2.14. The monoisotopic (exact) mass is 189 g/mol. The van der Waals surface area contributed by atoms with Crippen LogP contribution in [-0.2, 0) is 0 Å². The summed E-state index contributed by atoms with van der Waals surface area (Å²) in [5.41, 5.74) is 7.61. The largest absolute Gasteiger partial charge is 0.387 e. The van der Waals surface area contributed by atoms with Crippen molar-refractivity contribution in [1.29, 1.82) is 0 Å². The van der Waals surface area contributed by atoms with E-state index in [1.165, 1.54) is 0 Å². The molecule has 0 fully saturated rings. The van der Waals surface area contributed by atoms with E-state index >= 15 is 0 Å². The molecule has 0 aromatic carbocycles. The summed E-state index contributed by atoms with van der Waals surface area (Å²) in [6.07, 6.45) is 8.17. The molecule has 0 saturated heterocycles. The van der Waals surface area contributed by atoms with E-state index in [9.17, 15) is 0 Å². The Balaban J connectivity index is 2.17. The third-order valence-corrected chi connectivity index (χ3v) is 2.40. The molecule has 2 aliphatic rings.